The Morgan fingerprint density at radius 3 is 2.73 bits per heavy atom. The third-order valence-electron chi connectivity index (χ3n) is 3.97. The van der Waals surface area contributed by atoms with Crippen LogP contribution in [0.2, 0.25) is 0 Å². The number of methoxy groups -OCH3 is 1. The Labute approximate surface area is 149 Å². The molecule has 0 amide bonds. The van der Waals surface area contributed by atoms with Crippen molar-refractivity contribution in [3.8, 4) is 23.0 Å². The van der Waals surface area contributed by atoms with Gasteiger partial charge in [-0.25, -0.2) is 4.98 Å². The summed E-state index contributed by atoms with van der Waals surface area (Å²) in [4.78, 5) is 35.3. The molecule has 0 aliphatic carbocycles. The van der Waals surface area contributed by atoms with Gasteiger partial charge in [0.2, 0.25) is 5.75 Å². The van der Waals surface area contributed by atoms with Gasteiger partial charge in [0.05, 0.1) is 7.11 Å². The molecule has 0 atom stereocenters. The Morgan fingerprint density at radius 1 is 1.27 bits per heavy atom. The fourth-order valence-corrected chi connectivity index (χ4v) is 2.54. The maximum atomic E-state index is 12.7. The summed E-state index contributed by atoms with van der Waals surface area (Å²) < 4.78 is 5.15. The zero-order valence-corrected chi connectivity index (χ0v) is 14.3. The normalized spacial score (nSPS) is 10.5. The van der Waals surface area contributed by atoms with Gasteiger partial charge in [-0.3, -0.25) is 14.6 Å². The minimum absolute atomic E-state index is 0.00149. The van der Waals surface area contributed by atoms with Crippen LogP contribution in [0.4, 0.5) is 0 Å². The van der Waals surface area contributed by atoms with Gasteiger partial charge in [-0.05, 0) is 42.3 Å². The average molecular weight is 351 g/mol. The van der Waals surface area contributed by atoms with Crippen molar-refractivity contribution in [3.05, 3.63) is 69.8 Å². The number of hydrogen-bond acceptors (Lipinski definition) is 6. The molecule has 7 heteroatoms. The number of nitrogens with one attached hydrogen (secondary N) is 1. The van der Waals surface area contributed by atoms with Gasteiger partial charge in [0.25, 0.3) is 5.56 Å². The number of aryl methyl sites for hydroxylation is 1. The number of Topliss-reactive ketones (excluding diaryl/α,β-unsaturated/α-hetero) is 1. The smallest absolute Gasteiger partial charge is 0.294 e. The van der Waals surface area contributed by atoms with E-state index in [1.807, 2.05) is 13.0 Å². The zero-order chi connectivity index (χ0) is 18.7. The number of aromatic amines is 1. The van der Waals surface area contributed by atoms with E-state index in [0.29, 0.717) is 11.4 Å². The molecule has 3 rings (SSSR count). The predicted octanol–water partition coefficient (Wildman–Crippen LogP) is 2.28. The summed E-state index contributed by atoms with van der Waals surface area (Å²) in [5.74, 6) is -0.337. The van der Waals surface area contributed by atoms with Crippen LogP contribution in [0.1, 0.15) is 21.6 Å². The fourth-order valence-electron chi connectivity index (χ4n) is 2.54. The minimum atomic E-state index is -0.782. The van der Waals surface area contributed by atoms with Crippen LogP contribution >= 0.6 is 0 Å². The van der Waals surface area contributed by atoms with E-state index in [4.69, 9.17) is 4.74 Å². The molecule has 1 aromatic carbocycles. The van der Waals surface area contributed by atoms with Crippen molar-refractivity contribution in [2.24, 2.45) is 0 Å². The van der Waals surface area contributed by atoms with Gasteiger partial charge in [0.15, 0.2) is 17.3 Å². The lowest BCUT2D eigenvalue weighted by Gasteiger charge is -2.09. The van der Waals surface area contributed by atoms with Gasteiger partial charge < -0.3 is 14.8 Å². The molecule has 132 valence electrons. The van der Waals surface area contributed by atoms with Crippen molar-refractivity contribution >= 4 is 5.78 Å². The summed E-state index contributed by atoms with van der Waals surface area (Å²) >= 11 is 0. The number of ether oxygens (including phenoxy) is 1. The largest absolute Gasteiger partial charge is 0.501 e. The fraction of sp³-hybridized carbons (Fsp3) is 0.158. The lowest BCUT2D eigenvalue weighted by atomic mass is 10.0. The maximum absolute atomic E-state index is 12.7. The van der Waals surface area contributed by atoms with Crippen LogP contribution in [0.15, 0.2) is 47.4 Å². The lowest BCUT2D eigenvalue weighted by Crippen LogP contribution is -2.17. The maximum Gasteiger partial charge on any atom is 0.294 e. The third kappa shape index (κ3) is 3.46. The van der Waals surface area contributed by atoms with Crippen molar-refractivity contribution in [3.63, 3.8) is 0 Å². The molecule has 2 aromatic heterocycles. The van der Waals surface area contributed by atoms with Crippen molar-refractivity contribution in [2.75, 3.05) is 7.11 Å². The molecule has 0 aliphatic rings. The number of nitrogens with zero attached hydrogens (tertiary/aromatic N) is 2. The molecule has 0 fully saturated rings. The molecule has 0 radical (unpaired) electrons. The van der Waals surface area contributed by atoms with Crippen LogP contribution in [0.5, 0.6) is 11.5 Å². The van der Waals surface area contributed by atoms with E-state index < -0.39 is 17.1 Å². The lowest BCUT2D eigenvalue weighted by molar-refractivity contribution is 0.0984. The minimum Gasteiger partial charge on any atom is -0.501 e. The van der Waals surface area contributed by atoms with Gasteiger partial charge >= 0.3 is 0 Å². The number of aromatic nitrogens is 3. The summed E-state index contributed by atoms with van der Waals surface area (Å²) in [5.41, 5.74) is 0.975. The Balaban J connectivity index is 1.97. The standard InChI is InChI=1S/C19H17N3O4/c1-11-9-13(26-2)7-6-12(11)10-15(23)16-17(24)19(25)22-18(21-16)14-5-3-4-8-20-14/h3-9,24H,10H2,1-2H3,(H,21,22,25). The highest BCUT2D eigenvalue weighted by Crippen LogP contribution is 2.21. The summed E-state index contributed by atoms with van der Waals surface area (Å²) in [7, 11) is 1.57. The number of H-pyrrole nitrogens is 1. The average Bonchev–Trinajstić information content (AvgIpc) is 2.66. The Bertz CT molecular complexity index is 1010. The highest BCUT2D eigenvalue weighted by atomic mass is 16.5. The van der Waals surface area contributed by atoms with E-state index in [1.54, 1.807) is 43.6 Å². The van der Waals surface area contributed by atoms with Crippen molar-refractivity contribution < 1.29 is 14.6 Å². The molecule has 3 aromatic rings. The first-order valence-electron chi connectivity index (χ1n) is 7.91. The number of hydrogen-bond donors (Lipinski definition) is 2. The van der Waals surface area contributed by atoms with Crippen LogP contribution in [0, 0.1) is 6.92 Å². The molecule has 0 saturated heterocycles. The van der Waals surface area contributed by atoms with Crippen LogP contribution in [-0.4, -0.2) is 33.0 Å². The van der Waals surface area contributed by atoms with E-state index >= 15 is 0 Å². The summed E-state index contributed by atoms with van der Waals surface area (Å²) in [6.07, 6.45) is 1.55. The van der Waals surface area contributed by atoms with E-state index in [1.165, 1.54) is 0 Å². The number of pyridine rings is 1. The van der Waals surface area contributed by atoms with Gasteiger partial charge in [-0.15, -0.1) is 0 Å². The highest BCUT2D eigenvalue weighted by Gasteiger charge is 2.20. The number of rotatable bonds is 5. The van der Waals surface area contributed by atoms with E-state index in [0.717, 1.165) is 11.1 Å². The first-order chi connectivity index (χ1) is 12.5. The highest BCUT2D eigenvalue weighted by molar-refractivity contribution is 5.98. The molecule has 0 spiro atoms. The molecule has 0 unspecified atom stereocenters. The molecule has 2 heterocycles. The molecule has 0 aliphatic heterocycles. The Kier molecular flexibility index (Phi) is 4.79. The monoisotopic (exact) mass is 351 g/mol. The van der Waals surface area contributed by atoms with Crippen molar-refractivity contribution in [2.45, 2.75) is 13.3 Å². The quantitative estimate of drug-likeness (QED) is 0.683. The number of carbonyl (C=O) groups is 1. The summed E-state index contributed by atoms with van der Waals surface area (Å²) in [6.45, 7) is 1.86. The molecular formula is C19H17N3O4. The first kappa shape index (κ1) is 17.3. The van der Waals surface area contributed by atoms with Gasteiger partial charge in [-0.2, -0.15) is 0 Å². The number of aromatic hydroxyl groups is 1. The van der Waals surface area contributed by atoms with Gasteiger partial charge in [0.1, 0.15) is 11.4 Å². The SMILES string of the molecule is COc1ccc(CC(=O)c2nc(-c3ccccn3)[nH]c(=O)c2O)c(C)c1. The molecule has 2 N–H and O–H groups in total. The van der Waals surface area contributed by atoms with Gasteiger partial charge in [-0.1, -0.05) is 12.1 Å². The summed E-state index contributed by atoms with van der Waals surface area (Å²) in [6, 6.07) is 10.4. The zero-order valence-electron chi connectivity index (χ0n) is 14.3. The van der Waals surface area contributed by atoms with Gasteiger partial charge in [0, 0.05) is 12.6 Å². The molecule has 0 saturated carbocycles. The van der Waals surface area contributed by atoms with E-state index in [-0.39, 0.29) is 17.9 Å². The van der Waals surface area contributed by atoms with Crippen LogP contribution < -0.4 is 10.3 Å². The van der Waals surface area contributed by atoms with E-state index in [9.17, 15) is 14.7 Å². The Morgan fingerprint density at radius 2 is 2.08 bits per heavy atom. The van der Waals surface area contributed by atoms with Crippen LogP contribution in [-0.2, 0) is 6.42 Å². The van der Waals surface area contributed by atoms with Crippen LogP contribution in [0.3, 0.4) is 0 Å². The molecule has 26 heavy (non-hydrogen) atoms. The first-order valence-corrected chi connectivity index (χ1v) is 7.91. The molecule has 7 nitrogen and oxygen atoms in total. The van der Waals surface area contributed by atoms with E-state index in [2.05, 4.69) is 15.0 Å². The van der Waals surface area contributed by atoms with Crippen molar-refractivity contribution in [1.82, 2.24) is 15.0 Å². The second-order valence-corrected chi connectivity index (χ2v) is 5.72. The molecule has 0 bridgehead atoms. The second-order valence-electron chi connectivity index (χ2n) is 5.72. The second kappa shape index (κ2) is 7.18. The number of benzene rings is 1. The third-order valence-corrected chi connectivity index (χ3v) is 3.97. The number of ketones is 1. The Hall–Kier alpha value is -3.48. The van der Waals surface area contributed by atoms with Crippen molar-refractivity contribution in [1.29, 1.82) is 0 Å². The summed E-state index contributed by atoms with van der Waals surface area (Å²) in [5, 5.41) is 10.0. The van der Waals surface area contributed by atoms with Crippen LogP contribution in [0.25, 0.3) is 11.5 Å². The molecular weight excluding hydrogens is 334 g/mol. The topological polar surface area (TPSA) is 105 Å². The number of carbonyl (C=O) groups excluding carboxylic acids is 1. The predicted molar refractivity (Wildman–Crippen MR) is 95.5 cm³/mol.